The third kappa shape index (κ3) is 2.49. The fourth-order valence-corrected chi connectivity index (χ4v) is 3.59. The summed E-state index contributed by atoms with van der Waals surface area (Å²) < 4.78 is 8.90. The van der Waals surface area contributed by atoms with Crippen molar-refractivity contribution in [2.24, 2.45) is 0 Å². The van der Waals surface area contributed by atoms with Gasteiger partial charge < -0.3 is 14.4 Å². The topological polar surface area (TPSA) is 47.3 Å². The van der Waals surface area contributed by atoms with Crippen LogP contribution in [0.3, 0.4) is 0 Å². The predicted octanol–water partition coefficient (Wildman–Crippen LogP) is 3.19. The lowest BCUT2D eigenvalue weighted by atomic mass is 10.0. The molecule has 110 valence electrons. The molecule has 5 heteroatoms. The highest BCUT2D eigenvalue weighted by Gasteiger charge is 2.28. The second kappa shape index (κ2) is 5.14. The van der Waals surface area contributed by atoms with Crippen molar-refractivity contribution in [3.63, 3.8) is 0 Å². The summed E-state index contributed by atoms with van der Waals surface area (Å²) in [5, 5.41) is 10.6. The van der Waals surface area contributed by atoms with E-state index in [0.29, 0.717) is 12.5 Å². The number of ether oxygens (including phenoxy) is 1. The van der Waals surface area contributed by atoms with Gasteiger partial charge in [0.2, 0.25) is 0 Å². The van der Waals surface area contributed by atoms with Gasteiger partial charge in [0.05, 0.1) is 30.9 Å². The smallest absolute Gasteiger partial charge is 0.125 e. The van der Waals surface area contributed by atoms with Gasteiger partial charge in [0.25, 0.3) is 0 Å². The van der Waals surface area contributed by atoms with E-state index >= 15 is 0 Å². The van der Waals surface area contributed by atoms with Gasteiger partial charge >= 0.3 is 0 Å². The average molecular weight is 349 g/mol. The van der Waals surface area contributed by atoms with E-state index in [2.05, 4.69) is 31.5 Å². The first-order chi connectivity index (χ1) is 10.2. The number of aliphatic hydroxyl groups excluding tert-OH is 1. The van der Waals surface area contributed by atoms with Crippen molar-refractivity contribution in [1.82, 2.24) is 9.55 Å². The van der Waals surface area contributed by atoms with E-state index < -0.39 is 6.10 Å². The van der Waals surface area contributed by atoms with Crippen LogP contribution in [-0.2, 0) is 12.8 Å². The number of rotatable bonds is 4. The molecule has 1 fully saturated rings. The molecule has 1 unspecified atom stereocenters. The van der Waals surface area contributed by atoms with Gasteiger partial charge in [0, 0.05) is 23.4 Å². The summed E-state index contributed by atoms with van der Waals surface area (Å²) in [6.07, 6.45) is 6.94. The highest BCUT2D eigenvalue weighted by molar-refractivity contribution is 9.10. The summed E-state index contributed by atoms with van der Waals surface area (Å²) in [6.45, 7) is 0.731. The molecule has 0 spiro atoms. The Morgan fingerprint density at radius 1 is 1.43 bits per heavy atom. The van der Waals surface area contributed by atoms with E-state index in [-0.39, 0.29) is 0 Å². The Kier molecular flexibility index (Phi) is 3.27. The molecule has 0 radical (unpaired) electrons. The van der Waals surface area contributed by atoms with E-state index in [1.54, 1.807) is 6.20 Å². The number of hydrogen-bond acceptors (Lipinski definition) is 3. The summed E-state index contributed by atoms with van der Waals surface area (Å²) in [6, 6.07) is 4.68. The Bertz CT molecular complexity index is 679. The van der Waals surface area contributed by atoms with Crippen LogP contribution >= 0.6 is 15.9 Å². The van der Waals surface area contributed by atoms with Crippen LogP contribution in [0.25, 0.3) is 0 Å². The Hall–Kier alpha value is -1.33. The van der Waals surface area contributed by atoms with Crippen molar-refractivity contribution in [2.45, 2.75) is 37.8 Å². The second-order valence-electron chi connectivity index (χ2n) is 5.83. The second-order valence-corrected chi connectivity index (χ2v) is 6.74. The molecule has 1 saturated carbocycles. The number of halogens is 1. The minimum atomic E-state index is -0.546. The predicted molar refractivity (Wildman–Crippen MR) is 82.5 cm³/mol. The van der Waals surface area contributed by atoms with Crippen LogP contribution < -0.4 is 4.74 Å². The Morgan fingerprint density at radius 2 is 2.29 bits per heavy atom. The van der Waals surface area contributed by atoms with E-state index in [4.69, 9.17) is 4.74 Å². The maximum absolute atomic E-state index is 10.6. The molecule has 0 bridgehead atoms. The lowest BCUT2D eigenvalue weighted by molar-refractivity contribution is 0.167. The van der Waals surface area contributed by atoms with Crippen molar-refractivity contribution in [3.05, 3.63) is 46.0 Å². The zero-order valence-electron chi connectivity index (χ0n) is 11.6. The summed E-state index contributed by atoms with van der Waals surface area (Å²) in [5.41, 5.74) is 3.19. The molecule has 1 aliphatic carbocycles. The lowest BCUT2D eigenvalue weighted by Gasteiger charge is -2.15. The lowest BCUT2D eigenvalue weighted by Crippen LogP contribution is -2.09. The average Bonchev–Trinajstić information content (AvgIpc) is 3.00. The maximum Gasteiger partial charge on any atom is 0.125 e. The number of hydrogen-bond donors (Lipinski definition) is 1. The molecule has 1 aromatic heterocycles. The van der Waals surface area contributed by atoms with Gasteiger partial charge in [-0.1, -0.05) is 15.9 Å². The molecule has 1 atom stereocenters. The fraction of sp³-hybridized carbons (Fsp3) is 0.438. The van der Waals surface area contributed by atoms with Gasteiger partial charge in [-0.15, -0.1) is 0 Å². The van der Waals surface area contributed by atoms with E-state index in [1.807, 2.05) is 12.4 Å². The normalized spacial score (nSPS) is 18.4. The summed E-state index contributed by atoms with van der Waals surface area (Å²) in [7, 11) is 0. The Morgan fingerprint density at radius 3 is 3.10 bits per heavy atom. The van der Waals surface area contributed by atoms with Crippen LogP contribution in [0, 0.1) is 0 Å². The van der Waals surface area contributed by atoms with Crippen molar-refractivity contribution >= 4 is 15.9 Å². The van der Waals surface area contributed by atoms with Crippen LogP contribution in [0.4, 0.5) is 0 Å². The number of nitrogens with zero attached hydrogens (tertiary/aromatic N) is 2. The van der Waals surface area contributed by atoms with Crippen LogP contribution in [0.15, 0.2) is 29.1 Å². The van der Waals surface area contributed by atoms with Crippen molar-refractivity contribution in [1.29, 1.82) is 0 Å². The molecule has 1 N–H and O–H groups in total. The van der Waals surface area contributed by atoms with Crippen LogP contribution in [0.5, 0.6) is 5.75 Å². The minimum absolute atomic E-state index is 0.529. The van der Waals surface area contributed by atoms with Gasteiger partial charge in [-0.3, -0.25) is 0 Å². The first-order valence-electron chi connectivity index (χ1n) is 7.36. The molecule has 0 amide bonds. The molecule has 2 heterocycles. The molecule has 1 aliphatic heterocycles. The molecule has 2 aliphatic rings. The van der Waals surface area contributed by atoms with E-state index in [0.717, 1.165) is 34.5 Å². The highest BCUT2D eigenvalue weighted by atomic mass is 79.9. The SMILES string of the molecule is OC(Cc1cc(Br)cc2c1OCC2)c1cncn1C1CC1. The summed E-state index contributed by atoms with van der Waals surface area (Å²) >= 11 is 3.55. The zero-order valence-corrected chi connectivity index (χ0v) is 13.2. The molecule has 4 rings (SSSR count). The summed E-state index contributed by atoms with van der Waals surface area (Å²) in [5.74, 6) is 0.953. The van der Waals surface area contributed by atoms with Gasteiger partial charge in [-0.2, -0.15) is 0 Å². The van der Waals surface area contributed by atoms with Gasteiger partial charge in [-0.05, 0) is 36.1 Å². The quantitative estimate of drug-likeness (QED) is 0.922. The molecule has 4 nitrogen and oxygen atoms in total. The van der Waals surface area contributed by atoms with Crippen LogP contribution in [-0.4, -0.2) is 21.3 Å². The third-order valence-corrected chi connectivity index (χ3v) is 4.67. The van der Waals surface area contributed by atoms with Crippen molar-refractivity contribution in [2.75, 3.05) is 6.61 Å². The molecule has 0 saturated heterocycles. The number of imidazole rings is 1. The van der Waals surface area contributed by atoms with Gasteiger partial charge in [0.15, 0.2) is 0 Å². The summed E-state index contributed by atoms with van der Waals surface area (Å²) in [4.78, 5) is 4.20. The van der Waals surface area contributed by atoms with Crippen LogP contribution in [0.1, 0.15) is 41.8 Å². The first kappa shape index (κ1) is 13.3. The highest BCUT2D eigenvalue weighted by Crippen LogP contribution is 2.39. The van der Waals surface area contributed by atoms with E-state index in [9.17, 15) is 5.11 Å². The Balaban J connectivity index is 1.62. The molecule has 2 aromatic rings. The van der Waals surface area contributed by atoms with Crippen molar-refractivity contribution in [3.8, 4) is 5.75 Å². The monoisotopic (exact) mass is 348 g/mol. The number of fused-ring (bicyclic) bond motifs is 1. The zero-order chi connectivity index (χ0) is 14.4. The molecular weight excluding hydrogens is 332 g/mol. The largest absolute Gasteiger partial charge is 0.493 e. The minimum Gasteiger partial charge on any atom is -0.493 e. The number of aromatic nitrogens is 2. The molecule has 21 heavy (non-hydrogen) atoms. The van der Waals surface area contributed by atoms with Gasteiger partial charge in [-0.25, -0.2) is 4.98 Å². The molecular formula is C16H17BrN2O2. The fourth-order valence-electron chi connectivity index (χ4n) is 3.04. The van der Waals surface area contributed by atoms with Crippen molar-refractivity contribution < 1.29 is 9.84 Å². The molecule has 1 aromatic carbocycles. The van der Waals surface area contributed by atoms with Gasteiger partial charge in [0.1, 0.15) is 5.75 Å². The van der Waals surface area contributed by atoms with Crippen LogP contribution in [0.2, 0.25) is 0 Å². The maximum atomic E-state index is 10.6. The first-order valence-corrected chi connectivity index (χ1v) is 8.15. The number of benzene rings is 1. The standard InChI is InChI=1S/C16H17BrN2O2/c17-12-5-10-3-4-21-16(10)11(6-12)7-15(20)14-8-18-9-19(14)13-1-2-13/h5-6,8-9,13,15,20H,1-4,7H2. The Labute approximate surface area is 131 Å². The van der Waals surface area contributed by atoms with E-state index in [1.165, 1.54) is 18.4 Å². The third-order valence-electron chi connectivity index (χ3n) is 4.22. The number of aliphatic hydroxyl groups is 1.